The van der Waals surface area contributed by atoms with Gasteiger partial charge in [0.1, 0.15) is 0 Å². The summed E-state index contributed by atoms with van der Waals surface area (Å²) < 4.78 is 12.8. The minimum Gasteiger partial charge on any atom is -0.409 e. The fourth-order valence-electron chi connectivity index (χ4n) is 3.15. The molecule has 0 radical (unpaired) electrons. The number of fused-ring (bicyclic) bond motifs is 4. The summed E-state index contributed by atoms with van der Waals surface area (Å²) >= 11 is 0. The molecule has 2 aliphatic heterocycles. The SMILES string of the molecule is CC(C)(C)[Si](C)(C)O[C@@H]1COC2C[C@H]1Nc1ccc(CN)cc12. The average molecular weight is 335 g/mol. The lowest BCUT2D eigenvalue weighted by atomic mass is 9.89. The predicted octanol–water partition coefficient (Wildman–Crippen LogP) is 3.79. The lowest BCUT2D eigenvalue weighted by Crippen LogP contribution is -2.54. The van der Waals surface area contributed by atoms with Crippen LogP contribution < -0.4 is 11.1 Å². The first-order valence-corrected chi connectivity index (χ1v) is 11.5. The fraction of sp³-hybridized carbons (Fsp3) is 0.667. The van der Waals surface area contributed by atoms with E-state index in [1.54, 1.807) is 0 Å². The normalized spacial score (nSPS) is 27.3. The van der Waals surface area contributed by atoms with Crippen molar-refractivity contribution in [3.8, 4) is 0 Å². The van der Waals surface area contributed by atoms with Crippen LogP contribution in [0.25, 0.3) is 0 Å². The van der Waals surface area contributed by atoms with Gasteiger partial charge in [-0.25, -0.2) is 0 Å². The molecular formula is C18H30N2O2Si. The van der Waals surface area contributed by atoms with Crippen LogP contribution in [0.3, 0.4) is 0 Å². The molecule has 3 rings (SSSR count). The smallest absolute Gasteiger partial charge is 0.192 e. The molecule has 5 heteroatoms. The van der Waals surface area contributed by atoms with E-state index >= 15 is 0 Å². The maximum Gasteiger partial charge on any atom is 0.192 e. The van der Waals surface area contributed by atoms with E-state index in [1.165, 1.54) is 11.3 Å². The van der Waals surface area contributed by atoms with Crippen molar-refractivity contribution < 1.29 is 9.16 Å². The number of benzene rings is 1. The Morgan fingerprint density at radius 1 is 1.35 bits per heavy atom. The zero-order valence-corrected chi connectivity index (χ0v) is 16.0. The highest BCUT2D eigenvalue weighted by molar-refractivity contribution is 6.74. The predicted molar refractivity (Wildman–Crippen MR) is 97.1 cm³/mol. The van der Waals surface area contributed by atoms with Crippen LogP contribution in [0.4, 0.5) is 5.69 Å². The summed E-state index contributed by atoms with van der Waals surface area (Å²) in [5.41, 5.74) is 9.34. The molecule has 2 aliphatic rings. The second-order valence-electron chi connectivity index (χ2n) is 8.35. The van der Waals surface area contributed by atoms with Crippen molar-refractivity contribution in [2.75, 3.05) is 11.9 Å². The number of anilines is 1. The van der Waals surface area contributed by atoms with Gasteiger partial charge in [0.05, 0.1) is 24.9 Å². The Labute approximate surface area is 140 Å². The summed E-state index contributed by atoms with van der Waals surface area (Å²) in [5, 5.41) is 3.89. The van der Waals surface area contributed by atoms with Gasteiger partial charge in [-0.1, -0.05) is 26.8 Å². The van der Waals surface area contributed by atoms with Crippen molar-refractivity contribution in [3.05, 3.63) is 29.3 Å². The first-order chi connectivity index (χ1) is 10.7. The lowest BCUT2D eigenvalue weighted by Gasteiger charge is -2.47. The highest BCUT2D eigenvalue weighted by atomic mass is 28.4. The third-order valence-electron chi connectivity index (χ3n) is 5.67. The number of ether oxygens (including phenoxy) is 1. The highest BCUT2D eigenvalue weighted by Gasteiger charge is 2.44. The minimum absolute atomic E-state index is 0.134. The van der Waals surface area contributed by atoms with Crippen LogP contribution in [0.5, 0.6) is 0 Å². The molecule has 128 valence electrons. The summed E-state index contributed by atoms with van der Waals surface area (Å²) in [6.45, 7) is 12.7. The Hall–Kier alpha value is -0.883. The Balaban J connectivity index is 1.79. The second kappa shape index (κ2) is 5.88. The third kappa shape index (κ3) is 3.20. The maximum absolute atomic E-state index is 6.62. The molecule has 0 aromatic heterocycles. The fourth-order valence-corrected chi connectivity index (χ4v) is 4.50. The van der Waals surface area contributed by atoms with Gasteiger partial charge in [0.25, 0.3) is 0 Å². The van der Waals surface area contributed by atoms with Gasteiger partial charge >= 0.3 is 0 Å². The van der Waals surface area contributed by atoms with Crippen LogP contribution in [0.1, 0.15) is 44.4 Å². The van der Waals surface area contributed by atoms with Crippen LogP contribution in [-0.4, -0.2) is 27.1 Å². The van der Waals surface area contributed by atoms with Crippen LogP contribution in [0, 0.1) is 0 Å². The zero-order chi connectivity index (χ0) is 16.8. The van der Waals surface area contributed by atoms with Gasteiger partial charge in [-0.05, 0) is 35.8 Å². The van der Waals surface area contributed by atoms with Crippen LogP contribution in [0.2, 0.25) is 18.1 Å². The molecule has 0 amide bonds. The third-order valence-corrected chi connectivity index (χ3v) is 10.2. The van der Waals surface area contributed by atoms with E-state index in [4.69, 9.17) is 14.9 Å². The Morgan fingerprint density at radius 3 is 2.74 bits per heavy atom. The molecule has 0 aliphatic carbocycles. The van der Waals surface area contributed by atoms with E-state index in [2.05, 4.69) is 57.4 Å². The van der Waals surface area contributed by atoms with E-state index in [9.17, 15) is 0 Å². The van der Waals surface area contributed by atoms with Crippen LogP contribution in [-0.2, 0) is 15.7 Å². The van der Waals surface area contributed by atoms with E-state index in [-0.39, 0.29) is 17.2 Å². The van der Waals surface area contributed by atoms with E-state index in [1.807, 2.05) is 0 Å². The lowest BCUT2D eigenvalue weighted by molar-refractivity contribution is -0.0620. The number of nitrogens with two attached hydrogens (primary N) is 1. The van der Waals surface area contributed by atoms with Crippen LogP contribution >= 0.6 is 0 Å². The van der Waals surface area contributed by atoms with Gasteiger partial charge in [0.15, 0.2) is 8.32 Å². The van der Waals surface area contributed by atoms with Crippen LogP contribution in [0.15, 0.2) is 18.2 Å². The summed E-state index contributed by atoms with van der Waals surface area (Å²) in [5.74, 6) is 0. The molecule has 1 saturated heterocycles. The molecule has 23 heavy (non-hydrogen) atoms. The first-order valence-electron chi connectivity index (χ1n) is 8.60. The van der Waals surface area contributed by atoms with E-state index in [0.29, 0.717) is 19.2 Å². The second-order valence-corrected chi connectivity index (χ2v) is 13.1. The molecule has 1 aromatic carbocycles. The van der Waals surface area contributed by atoms with Gasteiger partial charge in [0, 0.05) is 24.2 Å². The topological polar surface area (TPSA) is 56.5 Å². The van der Waals surface area contributed by atoms with Gasteiger partial charge in [0.2, 0.25) is 0 Å². The summed E-state index contributed by atoms with van der Waals surface area (Å²) in [6, 6.07) is 6.74. The van der Waals surface area contributed by atoms with Gasteiger partial charge in [-0.2, -0.15) is 0 Å². The molecule has 1 aromatic rings. The molecule has 3 N–H and O–H groups in total. The summed E-state index contributed by atoms with van der Waals surface area (Å²) in [4.78, 5) is 0. The molecular weight excluding hydrogens is 304 g/mol. The molecule has 2 bridgehead atoms. The molecule has 0 saturated carbocycles. The monoisotopic (exact) mass is 334 g/mol. The Kier molecular flexibility index (Phi) is 4.34. The van der Waals surface area contributed by atoms with Crippen molar-refractivity contribution in [1.29, 1.82) is 0 Å². The van der Waals surface area contributed by atoms with E-state index < -0.39 is 8.32 Å². The van der Waals surface area contributed by atoms with Crippen molar-refractivity contribution in [2.45, 2.75) is 70.1 Å². The Bertz CT molecular complexity index is 583. The van der Waals surface area contributed by atoms with Gasteiger partial charge < -0.3 is 20.2 Å². The van der Waals surface area contributed by atoms with Gasteiger partial charge in [-0.15, -0.1) is 0 Å². The summed E-state index contributed by atoms with van der Waals surface area (Å²) in [6.07, 6.45) is 1.27. The van der Waals surface area contributed by atoms with Crippen molar-refractivity contribution in [2.24, 2.45) is 5.73 Å². The molecule has 4 nitrogen and oxygen atoms in total. The zero-order valence-electron chi connectivity index (χ0n) is 15.0. The number of nitrogens with one attached hydrogen (secondary N) is 1. The number of hydrogen-bond donors (Lipinski definition) is 2. The molecule has 2 heterocycles. The molecule has 1 fully saturated rings. The Morgan fingerprint density at radius 2 is 2.09 bits per heavy atom. The van der Waals surface area contributed by atoms with Crippen molar-refractivity contribution in [1.82, 2.24) is 0 Å². The largest absolute Gasteiger partial charge is 0.409 e. The molecule has 3 atom stereocenters. The van der Waals surface area contributed by atoms with Crippen molar-refractivity contribution in [3.63, 3.8) is 0 Å². The molecule has 0 spiro atoms. The number of rotatable bonds is 3. The maximum atomic E-state index is 6.62. The highest BCUT2D eigenvalue weighted by Crippen LogP contribution is 2.43. The first kappa shape index (κ1) is 17.0. The quantitative estimate of drug-likeness (QED) is 0.826. The van der Waals surface area contributed by atoms with Gasteiger partial charge in [-0.3, -0.25) is 0 Å². The summed E-state index contributed by atoms with van der Waals surface area (Å²) in [7, 11) is -1.79. The molecule has 1 unspecified atom stereocenters. The average Bonchev–Trinajstić information content (AvgIpc) is 2.48. The number of hydrogen-bond acceptors (Lipinski definition) is 4. The standard InChI is InChI=1S/C18H30N2O2Si/c1-18(2,3)23(4,5)22-17-11-21-16-9-15(17)20-14-7-6-12(10-19)8-13(14)16/h6-8,15-17,20H,9-11,19H2,1-5H3/t15-,16?,17-/m1/s1. The minimum atomic E-state index is -1.79. The van der Waals surface area contributed by atoms with Crippen molar-refractivity contribution >= 4 is 14.0 Å². The van der Waals surface area contributed by atoms with E-state index in [0.717, 1.165) is 12.0 Å².